The molecule has 0 aromatic heterocycles. The predicted molar refractivity (Wildman–Crippen MR) is 150 cm³/mol. The molecule has 3 aromatic carbocycles. The smallest absolute Gasteiger partial charge is 0.297 e. The number of benzene rings is 3. The van der Waals surface area contributed by atoms with Crippen molar-refractivity contribution in [1.82, 2.24) is 5.32 Å². The number of methoxy groups -OCH3 is 1. The third-order valence-corrected chi connectivity index (χ3v) is 8.50. The Kier molecular flexibility index (Phi) is 9.35. The minimum absolute atomic E-state index is 0.0249. The van der Waals surface area contributed by atoms with E-state index in [9.17, 15) is 18.3 Å². The molecule has 0 radical (unpaired) electrons. The summed E-state index contributed by atoms with van der Waals surface area (Å²) >= 11 is 0. The minimum atomic E-state index is -4.04. The summed E-state index contributed by atoms with van der Waals surface area (Å²) in [4.78, 5) is 11.5. The summed E-state index contributed by atoms with van der Waals surface area (Å²) in [5, 5.41) is 14.2. The zero-order valence-corrected chi connectivity index (χ0v) is 23.1. The highest BCUT2D eigenvalue weighted by molar-refractivity contribution is 7.86. The van der Waals surface area contributed by atoms with Crippen LogP contribution in [0.5, 0.6) is 0 Å². The Balaban J connectivity index is 1.47. The predicted octanol–water partition coefficient (Wildman–Crippen LogP) is 4.62. The molecular formula is C31H35NO6S. The third kappa shape index (κ3) is 7.22. The number of nitrogens with one attached hydrogen (secondary N) is 1. The molecule has 0 saturated carbocycles. The molecule has 0 amide bonds. The van der Waals surface area contributed by atoms with Crippen LogP contribution in [0.1, 0.15) is 46.4 Å². The second kappa shape index (κ2) is 12.7. The molecule has 7 nitrogen and oxygen atoms in total. The van der Waals surface area contributed by atoms with Crippen molar-refractivity contribution in [2.45, 2.75) is 49.3 Å². The number of carbonyl (C=O) groups is 1. The minimum Gasteiger partial charge on any atom is -0.390 e. The number of aliphatic hydroxyl groups excluding tert-OH is 1. The lowest BCUT2D eigenvalue weighted by Gasteiger charge is -2.29. The molecule has 2 N–H and O–H groups in total. The Bertz CT molecular complexity index is 1390. The first kappa shape index (κ1) is 28.7. The van der Waals surface area contributed by atoms with Crippen molar-refractivity contribution in [3.8, 4) is 0 Å². The number of hydrogen-bond acceptors (Lipinski definition) is 7. The van der Waals surface area contributed by atoms with Gasteiger partial charge in [-0.05, 0) is 48.6 Å². The van der Waals surface area contributed by atoms with Crippen molar-refractivity contribution in [2.75, 3.05) is 13.7 Å². The van der Waals surface area contributed by atoms with E-state index in [-0.39, 0.29) is 29.2 Å². The summed E-state index contributed by atoms with van der Waals surface area (Å²) in [6.07, 6.45) is 0.558. The van der Waals surface area contributed by atoms with Gasteiger partial charge in [0.25, 0.3) is 10.1 Å². The largest absolute Gasteiger partial charge is 0.390 e. The Hall–Kier alpha value is -3.30. The van der Waals surface area contributed by atoms with Crippen molar-refractivity contribution >= 4 is 15.9 Å². The summed E-state index contributed by atoms with van der Waals surface area (Å²) in [6, 6.07) is 23.3. The first-order valence-corrected chi connectivity index (χ1v) is 14.4. The van der Waals surface area contributed by atoms with Crippen molar-refractivity contribution < 1.29 is 27.2 Å². The highest BCUT2D eigenvalue weighted by Gasteiger charge is 2.32. The Morgan fingerprint density at radius 2 is 1.72 bits per heavy atom. The lowest BCUT2D eigenvalue weighted by atomic mass is 9.90. The number of hydrogen-bond donors (Lipinski definition) is 2. The number of allylic oxidation sites excluding steroid dienone is 1. The van der Waals surface area contributed by atoms with Crippen molar-refractivity contribution in [2.24, 2.45) is 5.92 Å². The molecule has 0 saturated heterocycles. The van der Waals surface area contributed by atoms with Crippen molar-refractivity contribution in [1.29, 1.82) is 0 Å². The van der Waals surface area contributed by atoms with Crippen LogP contribution < -0.4 is 5.32 Å². The summed E-state index contributed by atoms with van der Waals surface area (Å²) < 4.78 is 36.6. The molecule has 0 bridgehead atoms. The molecule has 0 heterocycles. The van der Waals surface area contributed by atoms with Gasteiger partial charge in [-0.15, -0.1) is 0 Å². The van der Waals surface area contributed by atoms with E-state index < -0.39 is 22.3 Å². The third-order valence-electron chi connectivity index (χ3n) is 7.20. The van der Waals surface area contributed by atoms with Crippen molar-refractivity contribution in [3.63, 3.8) is 0 Å². The van der Waals surface area contributed by atoms with Gasteiger partial charge in [0.1, 0.15) is 0 Å². The molecule has 4 rings (SSSR count). The molecule has 8 heteroatoms. The summed E-state index contributed by atoms with van der Waals surface area (Å²) in [7, 11) is -2.52. The van der Waals surface area contributed by atoms with Crippen LogP contribution in [0.15, 0.2) is 96.0 Å². The van der Waals surface area contributed by atoms with E-state index in [2.05, 4.69) is 11.9 Å². The van der Waals surface area contributed by atoms with Crippen LogP contribution >= 0.6 is 0 Å². The molecular weight excluding hydrogens is 514 g/mol. The van der Waals surface area contributed by atoms with Gasteiger partial charge in [-0.2, -0.15) is 8.42 Å². The maximum atomic E-state index is 12.8. The Morgan fingerprint density at radius 1 is 1.05 bits per heavy atom. The first-order chi connectivity index (χ1) is 18.7. The van der Waals surface area contributed by atoms with E-state index in [0.717, 1.165) is 22.4 Å². The second-order valence-electron chi connectivity index (χ2n) is 9.92. The van der Waals surface area contributed by atoms with Crippen LogP contribution in [-0.2, 0) is 31.9 Å². The molecule has 0 aliphatic heterocycles. The van der Waals surface area contributed by atoms with Crippen LogP contribution in [0.2, 0.25) is 0 Å². The molecule has 206 valence electrons. The highest BCUT2D eigenvalue weighted by Crippen LogP contribution is 2.33. The van der Waals surface area contributed by atoms with E-state index in [1.54, 1.807) is 0 Å². The average molecular weight is 550 g/mol. The maximum absolute atomic E-state index is 12.8. The van der Waals surface area contributed by atoms with Gasteiger partial charge in [-0.25, -0.2) is 0 Å². The molecule has 39 heavy (non-hydrogen) atoms. The Labute approximate surface area is 230 Å². The summed E-state index contributed by atoms with van der Waals surface area (Å²) in [5.41, 5.74) is 4.43. The Morgan fingerprint density at radius 3 is 2.38 bits per heavy atom. The molecule has 4 atom stereocenters. The number of ketones is 1. The molecule has 1 aliphatic rings. The fourth-order valence-electron chi connectivity index (χ4n) is 4.95. The normalized spacial score (nSPS) is 18.2. The standard InChI is InChI=1S/C31H35NO6S/c1-21(32-31-29-12-8-7-11-25(29)19-30(31)34)26(17-23-9-5-4-6-10-23)18-27(37-3)20-38-39(35,36)28-15-13-24(14-16-28)22(2)33/h4-16,26-27,30-32,34H,1,17-20H2,2-3H3/t26-,27+,30?,31+/m1/s1. The number of aliphatic hydroxyl groups is 1. The number of fused-ring (bicyclic) bond motifs is 1. The van der Waals surface area contributed by atoms with E-state index >= 15 is 0 Å². The van der Waals surface area contributed by atoms with Gasteiger partial charge >= 0.3 is 0 Å². The summed E-state index contributed by atoms with van der Waals surface area (Å²) in [6.45, 7) is 5.56. The van der Waals surface area contributed by atoms with Crippen LogP contribution in [0, 0.1) is 5.92 Å². The lowest BCUT2D eigenvalue weighted by Crippen LogP contribution is -2.33. The van der Waals surface area contributed by atoms with Crippen molar-refractivity contribution in [3.05, 3.63) is 113 Å². The molecule has 0 fully saturated rings. The summed E-state index contributed by atoms with van der Waals surface area (Å²) in [5.74, 6) is -0.273. The lowest BCUT2D eigenvalue weighted by molar-refractivity contribution is 0.0442. The van der Waals surface area contributed by atoms with Gasteiger partial charge in [0.15, 0.2) is 5.78 Å². The highest BCUT2D eigenvalue weighted by atomic mass is 32.2. The van der Waals surface area contributed by atoms with Gasteiger partial charge in [0, 0.05) is 30.7 Å². The topological polar surface area (TPSA) is 102 Å². The first-order valence-electron chi connectivity index (χ1n) is 13.0. The van der Waals surface area contributed by atoms with E-state index in [1.807, 2.05) is 54.6 Å². The molecule has 1 aliphatic carbocycles. The molecule has 1 unspecified atom stereocenters. The van der Waals surface area contributed by atoms with Gasteiger partial charge in [0.05, 0.1) is 29.8 Å². The van der Waals surface area contributed by atoms with E-state index in [1.165, 1.54) is 38.3 Å². The number of rotatable bonds is 13. The fourth-order valence-corrected chi connectivity index (χ4v) is 5.89. The fraction of sp³-hybridized carbons (Fsp3) is 0.323. The van der Waals surface area contributed by atoms with Crippen LogP contribution in [0.3, 0.4) is 0 Å². The van der Waals surface area contributed by atoms with Gasteiger partial charge < -0.3 is 15.2 Å². The number of carbonyl (C=O) groups excluding carboxylic acids is 1. The number of Topliss-reactive ketones (excluding diaryl/α,β-unsaturated/α-hetero) is 1. The monoisotopic (exact) mass is 549 g/mol. The quantitative estimate of drug-likeness (QED) is 0.237. The molecule has 0 spiro atoms. The van der Waals surface area contributed by atoms with E-state index in [4.69, 9.17) is 8.92 Å². The SMILES string of the molecule is C=C(N[C@H]1c2ccccc2CC1O)[C@H](Cc1ccccc1)C[C@@H](COS(=O)(=O)c1ccc(C(C)=O)cc1)OC. The number of ether oxygens (including phenoxy) is 1. The molecule has 3 aromatic rings. The zero-order chi connectivity index (χ0) is 28.0. The van der Waals surface area contributed by atoms with Crippen LogP contribution in [0.4, 0.5) is 0 Å². The maximum Gasteiger partial charge on any atom is 0.297 e. The zero-order valence-electron chi connectivity index (χ0n) is 22.2. The van der Waals surface area contributed by atoms with Crippen LogP contribution in [0.25, 0.3) is 0 Å². The average Bonchev–Trinajstić information content (AvgIpc) is 3.25. The van der Waals surface area contributed by atoms with Gasteiger partial charge in [-0.3, -0.25) is 8.98 Å². The van der Waals surface area contributed by atoms with Crippen LogP contribution in [-0.4, -0.2) is 45.2 Å². The van der Waals surface area contributed by atoms with Gasteiger partial charge in [-0.1, -0.05) is 73.3 Å². The van der Waals surface area contributed by atoms with Gasteiger partial charge in [0.2, 0.25) is 0 Å². The second-order valence-corrected chi connectivity index (χ2v) is 11.5. The van der Waals surface area contributed by atoms with E-state index in [0.29, 0.717) is 24.8 Å².